The third kappa shape index (κ3) is 11.9. The minimum atomic E-state index is -0.353. The van der Waals surface area contributed by atoms with Crippen molar-refractivity contribution in [2.45, 2.75) is 70.3 Å². The van der Waals surface area contributed by atoms with E-state index in [4.69, 9.17) is 11.5 Å². The maximum atomic E-state index is 12.1. The fourth-order valence-corrected chi connectivity index (χ4v) is 2.95. The second-order valence-electron chi connectivity index (χ2n) is 6.88. The van der Waals surface area contributed by atoms with Crippen LogP contribution in [0.1, 0.15) is 63.4 Å². The molecule has 0 amide bonds. The van der Waals surface area contributed by atoms with E-state index < -0.39 is 0 Å². The highest BCUT2D eigenvalue weighted by atomic mass is 16.1. The summed E-state index contributed by atoms with van der Waals surface area (Å²) in [5, 5.41) is 3.41. The van der Waals surface area contributed by atoms with Crippen molar-refractivity contribution in [3.63, 3.8) is 0 Å². The van der Waals surface area contributed by atoms with Crippen LogP contribution in [0.25, 0.3) is 0 Å². The Balaban J connectivity index is 1.91. The number of unbranched alkanes of at least 4 members (excludes halogenated alkanes) is 6. The summed E-state index contributed by atoms with van der Waals surface area (Å²) < 4.78 is 0. The maximum Gasteiger partial charge on any atom is 0.149 e. The number of hydrogen-bond acceptors (Lipinski definition) is 4. The van der Waals surface area contributed by atoms with Crippen molar-refractivity contribution in [2.75, 3.05) is 19.6 Å². The van der Waals surface area contributed by atoms with E-state index in [2.05, 4.69) is 5.32 Å². The molecule has 0 aliphatic rings. The van der Waals surface area contributed by atoms with E-state index in [-0.39, 0.29) is 11.8 Å². The summed E-state index contributed by atoms with van der Waals surface area (Å²) >= 11 is 0. The van der Waals surface area contributed by atoms with Gasteiger partial charge in [-0.2, -0.15) is 0 Å². The van der Waals surface area contributed by atoms with Gasteiger partial charge in [-0.1, -0.05) is 62.4 Å². The van der Waals surface area contributed by atoms with Crippen LogP contribution in [-0.2, 0) is 11.2 Å². The molecule has 0 aromatic heterocycles. The Kier molecular flexibility index (Phi) is 13.1. The van der Waals surface area contributed by atoms with Gasteiger partial charge in [-0.25, -0.2) is 0 Å². The van der Waals surface area contributed by atoms with Gasteiger partial charge in [-0.05, 0) is 50.9 Å². The molecule has 4 nitrogen and oxygen atoms in total. The molecule has 0 fully saturated rings. The van der Waals surface area contributed by atoms with Gasteiger partial charge in [-0.3, -0.25) is 4.79 Å². The number of nitrogens with one attached hydrogen (secondary N) is 1. The molecule has 25 heavy (non-hydrogen) atoms. The molecule has 1 aromatic carbocycles. The van der Waals surface area contributed by atoms with Crippen molar-refractivity contribution in [3.8, 4) is 0 Å². The quantitative estimate of drug-likeness (QED) is 0.401. The second kappa shape index (κ2) is 15.1. The number of carbonyl (C=O) groups excluding carboxylic acids is 1. The first-order chi connectivity index (χ1) is 12.2. The highest BCUT2D eigenvalue weighted by Crippen LogP contribution is 2.10. The lowest BCUT2D eigenvalue weighted by Crippen LogP contribution is -2.32. The van der Waals surface area contributed by atoms with Crippen molar-refractivity contribution in [3.05, 3.63) is 35.9 Å². The molecule has 0 spiro atoms. The zero-order chi connectivity index (χ0) is 18.2. The van der Waals surface area contributed by atoms with Crippen LogP contribution in [0.5, 0.6) is 0 Å². The zero-order valence-electron chi connectivity index (χ0n) is 15.7. The Hall–Kier alpha value is -1.23. The lowest BCUT2D eigenvalue weighted by Gasteiger charge is -2.10. The molecule has 0 radical (unpaired) electrons. The number of carbonyl (C=O) groups is 1. The van der Waals surface area contributed by atoms with Gasteiger partial charge in [0.25, 0.3) is 0 Å². The van der Waals surface area contributed by atoms with E-state index in [0.717, 1.165) is 44.5 Å². The predicted molar refractivity (Wildman–Crippen MR) is 107 cm³/mol. The third-order valence-corrected chi connectivity index (χ3v) is 4.55. The molecule has 0 heterocycles. The molecule has 0 saturated carbocycles. The predicted octanol–water partition coefficient (Wildman–Crippen LogP) is 3.18. The Labute approximate surface area is 153 Å². The average Bonchev–Trinajstić information content (AvgIpc) is 2.63. The number of ketones is 1. The molecule has 5 N–H and O–H groups in total. The molecule has 1 rings (SSSR count). The summed E-state index contributed by atoms with van der Waals surface area (Å²) in [6.07, 6.45) is 10.8. The molecule has 0 aliphatic carbocycles. The highest BCUT2D eigenvalue weighted by Gasteiger charge is 2.13. The van der Waals surface area contributed by atoms with E-state index in [1.54, 1.807) is 0 Å². The van der Waals surface area contributed by atoms with Crippen LogP contribution < -0.4 is 16.8 Å². The normalized spacial score (nSPS) is 12.2. The highest BCUT2D eigenvalue weighted by molar-refractivity contribution is 5.84. The molecule has 1 atom stereocenters. The number of hydrogen-bond donors (Lipinski definition) is 3. The number of nitrogens with two attached hydrogens (primary N) is 2. The number of rotatable bonds is 16. The largest absolute Gasteiger partial charge is 0.330 e. The average molecular weight is 348 g/mol. The van der Waals surface area contributed by atoms with Crippen molar-refractivity contribution < 1.29 is 4.79 Å². The topological polar surface area (TPSA) is 81.1 Å². The molecular weight excluding hydrogens is 310 g/mol. The molecule has 0 saturated heterocycles. The van der Waals surface area contributed by atoms with Crippen LogP contribution >= 0.6 is 0 Å². The van der Waals surface area contributed by atoms with E-state index >= 15 is 0 Å². The molecule has 4 heteroatoms. The first-order valence-electron chi connectivity index (χ1n) is 9.97. The summed E-state index contributed by atoms with van der Waals surface area (Å²) in [4.78, 5) is 12.1. The van der Waals surface area contributed by atoms with E-state index in [9.17, 15) is 4.79 Å². The van der Waals surface area contributed by atoms with Crippen molar-refractivity contribution >= 4 is 5.78 Å². The molecule has 0 bridgehead atoms. The second-order valence-corrected chi connectivity index (χ2v) is 6.88. The van der Waals surface area contributed by atoms with Crippen molar-refractivity contribution in [2.24, 2.45) is 11.5 Å². The molecule has 1 aromatic rings. The van der Waals surface area contributed by atoms with E-state index in [1.165, 1.54) is 32.1 Å². The number of benzene rings is 1. The minimum Gasteiger partial charge on any atom is -0.330 e. The molecule has 142 valence electrons. The standard InChI is InChI=1S/C21H37N3O/c22-15-11-17-24-16-10-5-3-1-2-4-9-14-21(25)20(23)18-19-12-7-6-8-13-19/h6-8,12-13,20,24H,1-5,9-11,14-18,22-23H2/t20-/m1/s1. The summed E-state index contributed by atoms with van der Waals surface area (Å²) in [5.41, 5.74) is 12.6. The Morgan fingerprint density at radius 1 is 0.880 bits per heavy atom. The first kappa shape index (κ1) is 21.8. The van der Waals surface area contributed by atoms with E-state index in [0.29, 0.717) is 12.8 Å². The Morgan fingerprint density at radius 2 is 1.48 bits per heavy atom. The smallest absolute Gasteiger partial charge is 0.149 e. The van der Waals surface area contributed by atoms with Gasteiger partial charge in [-0.15, -0.1) is 0 Å². The lowest BCUT2D eigenvalue weighted by atomic mass is 9.99. The van der Waals surface area contributed by atoms with Crippen LogP contribution in [0.15, 0.2) is 30.3 Å². The first-order valence-corrected chi connectivity index (χ1v) is 9.97. The van der Waals surface area contributed by atoms with Crippen molar-refractivity contribution in [1.29, 1.82) is 0 Å². The summed E-state index contributed by atoms with van der Waals surface area (Å²) in [6, 6.07) is 9.66. The van der Waals surface area contributed by atoms with E-state index in [1.807, 2.05) is 30.3 Å². The van der Waals surface area contributed by atoms with Crippen LogP contribution in [-0.4, -0.2) is 31.5 Å². The maximum absolute atomic E-state index is 12.1. The van der Waals surface area contributed by atoms with Gasteiger partial charge in [0.05, 0.1) is 6.04 Å². The third-order valence-electron chi connectivity index (χ3n) is 4.55. The summed E-state index contributed by atoms with van der Waals surface area (Å²) in [6.45, 7) is 2.91. The lowest BCUT2D eigenvalue weighted by molar-refractivity contribution is -0.120. The minimum absolute atomic E-state index is 0.201. The molecule has 0 unspecified atom stereocenters. The van der Waals surface area contributed by atoms with Crippen LogP contribution in [0, 0.1) is 0 Å². The molecule has 0 aliphatic heterocycles. The molecular formula is C21H37N3O. The summed E-state index contributed by atoms with van der Waals surface area (Å²) in [7, 11) is 0. The van der Waals surface area contributed by atoms with Gasteiger partial charge in [0.15, 0.2) is 0 Å². The SMILES string of the molecule is NCCCNCCCCCCCCCC(=O)[C@H](N)Cc1ccccc1. The van der Waals surface area contributed by atoms with Gasteiger partial charge in [0.2, 0.25) is 0 Å². The fraction of sp³-hybridized carbons (Fsp3) is 0.667. The van der Waals surface area contributed by atoms with Crippen molar-refractivity contribution in [1.82, 2.24) is 5.32 Å². The van der Waals surface area contributed by atoms with Gasteiger partial charge < -0.3 is 16.8 Å². The zero-order valence-corrected chi connectivity index (χ0v) is 15.7. The van der Waals surface area contributed by atoms with Gasteiger partial charge >= 0.3 is 0 Å². The fourth-order valence-electron chi connectivity index (χ4n) is 2.95. The van der Waals surface area contributed by atoms with Gasteiger partial charge in [0.1, 0.15) is 5.78 Å². The Bertz CT molecular complexity index is 436. The summed E-state index contributed by atoms with van der Waals surface area (Å²) in [5.74, 6) is 0.201. The Morgan fingerprint density at radius 3 is 2.16 bits per heavy atom. The van der Waals surface area contributed by atoms with Gasteiger partial charge in [0, 0.05) is 6.42 Å². The number of Topliss-reactive ketones (excluding diaryl/α,β-unsaturated/α-hetero) is 1. The van der Waals surface area contributed by atoms with Crippen LogP contribution in [0.2, 0.25) is 0 Å². The van der Waals surface area contributed by atoms with Crippen LogP contribution in [0.4, 0.5) is 0 Å². The monoisotopic (exact) mass is 347 g/mol. The van der Waals surface area contributed by atoms with Crippen LogP contribution in [0.3, 0.4) is 0 Å².